The van der Waals surface area contributed by atoms with E-state index in [1.165, 1.54) is 33.0 Å². The zero-order valence-corrected chi connectivity index (χ0v) is 19.6. The Morgan fingerprint density at radius 3 is 1.86 bits per heavy atom. The maximum Gasteiger partial charge on any atom is 0.158 e. The highest BCUT2D eigenvalue weighted by Crippen LogP contribution is 2.35. The molecule has 2 heteroatoms. The Bertz CT molecular complexity index is 1840. The van der Waals surface area contributed by atoms with Crippen LogP contribution in [0.1, 0.15) is 0 Å². The fourth-order valence-electron chi connectivity index (χ4n) is 4.97. The Morgan fingerprint density at radius 1 is 0.444 bits per heavy atom. The van der Waals surface area contributed by atoms with E-state index < -0.39 is 0 Å². The van der Waals surface area contributed by atoms with E-state index in [2.05, 4.69) is 121 Å². The van der Waals surface area contributed by atoms with Crippen LogP contribution in [0.3, 0.4) is 0 Å². The molecule has 7 rings (SSSR count). The number of anilines is 2. The van der Waals surface area contributed by atoms with Crippen molar-refractivity contribution in [3.05, 3.63) is 133 Å². The SMILES string of the molecule is c1ccc2cc(-c3ccc(-c4ccc(Nc5cccc6c5oc5ccccc56)cc4)cc3)ccc2c1. The highest BCUT2D eigenvalue weighted by atomic mass is 16.3. The van der Waals surface area contributed by atoms with Gasteiger partial charge in [0, 0.05) is 16.5 Å². The van der Waals surface area contributed by atoms with Crippen molar-refractivity contribution in [1.29, 1.82) is 0 Å². The summed E-state index contributed by atoms with van der Waals surface area (Å²) in [5.74, 6) is 0. The topological polar surface area (TPSA) is 25.2 Å². The summed E-state index contributed by atoms with van der Waals surface area (Å²) in [4.78, 5) is 0. The van der Waals surface area contributed by atoms with Gasteiger partial charge in [-0.05, 0) is 63.4 Å². The first-order chi connectivity index (χ1) is 17.8. The van der Waals surface area contributed by atoms with Crippen LogP contribution in [0.5, 0.6) is 0 Å². The Balaban J connectivity index is 1.14. The number of hydrogen-bond donors (Lipinski definition) is 1. The van der Waals surface area contributed by atoms with Gasteiger partial charge in [0.25, 0.3) is 0 Å². The first-order valence-electron chi connectivity index (χ1n) is 12.2. The number of rotatable bonds is 4. The van der Waals surface area contributed by atoms with Crippen molar-refractivity contribution in [1.82, 2.24) is 0 Å². The van der Waals surface area contributed by atoms with Crippen LogP contribution in [0.25, 0.3) is 55.0 Å². The summed E-state index contributed by atoms with van der Waals surface area (Å²) < 4.78 is 6.16. The van der Waals surface area contributed by atoms with Crippen LogP contribution in [0.15, 0.2) is 138 Å². The summed E-state index contributed by atoms with van der Waals surface area (Å²) in [7, 11) is 0. The fraction of sp³-hybridized carbons (Fsp3) is 0. The number of nitrogens with one attached hydrogen (secondary N) is 1. The molecule has 0 saturated carbocycles. The van der Waals surface area contributed by atoms with Crippen LogP contribution in [0.2, 0.25) is 0 Å². The number of fused-ring (bicyclic) bond motifs is 4. The Kier molecular flexibility index (Phi) is 4.82. The standard InChI is InChI=1S/C34H23NO/c1-2-7-27-22-28(17-16-23(27)6-1)26-14-12-24(13-15-26)25-18-20-29(21-19-25)35-32-10-5-9-31-30-8-3-4-11-33(30)36-34(31)32/h1-22,35H. The maximum atomic E-state index is 6.16. The minimum atomic E-state index is 0.882. The van der Waals surface area contributed by atoms with Crippen molar-refractivity contribution in [2.45, 2.75) is 0 Å². The Morgan fingerprint density at radius 2 is 1.06 bits per heavy atom. The minimum Gasteiger partial charge on any atom is -0.454 e. The van der Waals surface area contributed by atoms with Gasteiger partial charge in [0.1, 0.15) is 5.58 Å². The molecule has 0 radical (unpaired) electrons. The quantitative estimate of drug-likeness (QED) is 0.282. The second-order valence-electron chi connectivity index (χ2n) is 9.12. The highest BCUT2D eigenvalue weighted by molar-refractivity contribution is 6.09. The molecular weight excluding hydrogens is 438 g/mol. The van der Waals surface area contributed by atoms with Gasteiger partial charge in [0.05, 0.1) is 5.69 Å². The molecule has 0 aliphatic heterocycles. The zero-order chi connectivity index (χ0) is 23.9. The van der Waals surface area contributed by atoms with Gasteiger partial charge in [-0.1, -0.05) is 103 Å². The van der Waals surface area contributed by atoms with Gasteiger partial charge in [-0.25, -0.2) is 0 Å². The lowest BCUT2D eigenvalue weighted by atomic mass is 9.98. The van der Waals surface area contributed by atoms with Gasteiger partial charge in [0.15, 0.2) is 5.58 Å². The van der Waals surface area contributed by atoms with Gasteiger partial charge < -0.3 is 9.73 Å². The summed E-state index contributed by atoms with van der Waals surface area (Å²) in [5.41, 5.74) is 8.63. The third-order valence-corrected chi connectivity index (χ3v) is 6.87. The molecule has 6 aromatic carbocycles. The van der Waals surface area contributed by atoms with E-state index in [0.29, 0.717) is 0 Å². The number of para-hydroxylation sites is 2. The minimum absolute atomic E-state index is 0.882. The number of furan rings is 1. The van der Waals surface area contributed by atoms with Gasteiger partial charge in [-0.15, -0.1) is 0 Å². The summed E-state index contributed by atoms with van der Waals surface area (Å²) in [5, 5.41) is 8.33. The van der Waals surface area contributed by atoms with Crippen molar-refractivity contribution >= 4 is 44.1 Å². The molecule has 0 saturated heterocycles. The van der Waals surface area contributed by atoms with Crippen LogP contribution < -0.4 is 5.32 Å². The largest absolute Gasteiger partial charge is 0.454 e. The molecule has 0 fully saturated rings. The molecule has 0 spiro atoms. The molecule has 36 heavy (non-hydrogen) atoms. The summed E-state index contributed by atoms with van der Waals surface area (Å²) in [6.07, 6.45) is 0. The van der Waals surface area contributed by atoms with Crippen LogP contribution in [-0.4, -0.2) is 0 Å². The second kappa shape index (κ2) is 8.44. The molecule has 0 aliphatic carbocycles. The molecule has 170 valence electrons. The number of benzene rings is 6. The van der Waals surface area contributed by atoms with Crippen LogP contribution in [0.4, 0.5) is 11.4 Å². The highest BCUT2D eigenvalue weighted by Gasteiger charge is 2.10. The first kappa shape index (κ1) is 20.5. The first-order valence-corrected chi connectivity index (χ1v) is 12.2. The van der Waals surface area contributed by atoms with Crippen molar-refractivity contribution < 1.29 is 4.42 Å². The lowest BCUT2D eigenvalue weighted by Gasteiger charge is -2.09. The smallest absolute Gasteiger partial charge is 0.158 e. The average molecular weight is 462 g/mol. The predicted molar refractivity (Wildman–Crippen MR) is 152 cm³/mol. The molecule has 0 atom stereocenters. The van der Waals surface area contributed by atoms with Gasteiger partial charge in [0.2, 0.25) is 0 Å². The van der Waals surface area contributed by atoms with Gasteiger partial charge >= 0.3 is 0 Å². The van der Waals surface area contributed by atoms with Gasteiger partial charge in [-0.2, -0.15) is 0 Å². The molecule has 0 aliphatic rings. The van der Waals surface area contributed by atoms with Crippen molar-refractivity contribution in [2.24, 2.45) is 0 Å². The molecule has 0 amide bonds. The second-order valence-corrected chi connectivity index (χ2v) is 9.12. The van der Waals surface area contributed by atoms with Crippen LogP contribution in [0, 0.1) is 0 Å². The molecule has 0 bridgehead atoms. The van der Waals surface area contributed by atoms with Crippen LogP contribution >= 0.6 is 0 Å². The van der Waals surface area contributed by atoms with Crippen LogP contribution in [-0.2, 0) is 0 Å². The molecule has 7 aromatic rings. The van der Waals surface area contributed by atoms with Crippen molar-refractivity contribution in [3.8, 4) is 22.3 Å². The third kappa shape index (κ3) is 3.60. The lowest BCUT2D eigenvalue weighted by molar-refractivity contribution is 0.670. The zero-order valence-electron chi connectivity index (χ0n) is 19.6. The van der Waals surface area contributed by atoms with E-state index >= 15 is 0 Å². The van der Waals surface area contributed by atoms with E-state index in [-0.39, 0.29) is 0 Å². The van der Waals surface area contributed by atoms with E-state index in [9.17, 15) is 0 Å². The lowest BCUT2D eigenvalue weighted by Crippen LogP contribution is -1.90. The molecule has 0 unspecified atom stereocenters. The van der Waals surface area contributed by atoms with Gasteiger partial charge in [-0.3, -0.25) is 0 Å². The van der Waals surface area contributed by atoms with Crippen molar-refractivity contribution in [2.75, 3.05) is 5.32 Å². The molecule has 2 nitrogen and oxygen atoms in total. The van der Waals surface area contributed by atoms with E-state index in [4.69, 9.17) is 4.42 Å². The monoisotopic (exact) mass is 461 g/mol. The third-order valence-electron chi connectivity index (χ3n) is 6.87. The number of hydrogen-bond acceptors (Lipinski definition) is 2. The Labute approximate surface area is 209 Å². The van der Waals surface area contributed by atoms with Crippen molar-refractivity contribution in [3.63, 3.8) is 0 Å². The molecule has 1 aromatic heterocycles. The predicted octanol–water partition coefficient (Wildman–Crippen LogP) is 9.82. The average Bonchev–Trinajstić information content (AvgIpc) is 3.33. The van der Waals surface area contributed by atoms with E-state index in [1.807, 2.05) is 18.2 Å². The molecule has 1 N–H and O–H groups in total. The summed E-state index contributed by atoms with van der Waals surface area (Å²) in [6.45, 7) is 0. The Hall–Kier alpha value is -4.82. The van der Waals surface area contributed by atoms with E-state index in [1.54, 1.807) is 0 Å². The maximum absolute atomic E-state index is 6.16. The van der Waals surface area contributed by atoms with E-state index in [0.717, 1.165) is 33.3 Å². The summed E-state index contributed by atoms with van der Waals surface area (Å²) in [6, 6.07) is 46.9. The molecule has 1 heterocycles. The summed E-state index contributed by atoms with van der Waals surface area (Å²) >= 11 is 0. The normalized spacial score (nSPS) is 11.3. The molecular formula is C34H23NO. The fourth-order valence-corrected chi connectivity index (χ4v) is 4.97.